The van der Waals surface area contributed by atoms with Crippen molar-refractivity contribution in [1.29, 1.82) is 0 Å². The van der Waals surface area contributed by atoms with Crippen molar-refractivity contribution in [3.05, 3.63) is 16.1 Å². The summed E-state index contributed by atoms with van der Waals surface area (Å²) in [5.74, 6) is 0.0790. The third-order valence-electron chi connectivity index (χ3n) is 1.06. The minimum absolute atomic E-state index is 0.214. The number of nitrogens with two attached hydrogens (primary N) is 1. The molecule has 2 N–H and O–H groups in total. The molecule has 0 unspecified atom stereocenters. The lowest BCUT2D eigenvalue weighted by Crippen LogP contribution is -2.14. The van der Waals surface area contributed by atoms with Gasteiger partial charge in [0.25, 0.3) is 0 Å². The molecule has 0 fully saturated rings. The molecule has 0 saturated carbocycles. The molecule has 0 aliphatic carbocycles. The van der Waals surface area contributed by atoms with E-state index in [9.17, 15) is 8.42 Å². The van der Waals surface area contributed by atoms with Crippen LogP contribution in [0, 0.1) is 0 Å². The Labute approximate surface area is 79.4 Å². The van der Waals surface area contributed by atoms with Crippen LogP contribution in [0.2, 0.25) is 0 Å². The molecule has 1 heterocycles. The third kappa shape index (κ3) is 3.06. The lowest BCUT2D eigenvalue weighted by Gasteiger charge is -1.90. The van der Waals surface area contributed by atoms with Gasteiger partial charge in [-0.1, -0.05) is 0 Å². The highest BCUT2D eigenvalue weighted by atomic mass is 35.5. The second-order valence-electron chi connectivity index (χ2n) is 2.17. The van der Waals surface area contributed by atoms with Gasteiger partial charge in [0, 0.05) is 5.38 Å². The maximum Gasteiger partial charge on any atom is 0.215 e. The van der Waals surface area contributed by atoms with Crippen LogP contribution < -0.4 is 5.14 Å². The molecule has 7 heteroatoms. The molecule has 0 bridgehead atoms. The molecule has 0 amide bonds. The summed E-state index contributed by atoms with van der Waals surface area (Å²) in [7, 11) is -3.47. The van der Waals surface area contributed by atoms with E-state index in [1.54, 1.807) is 5.38 Å². The number of alkyl halides is 1. The minimum Gasteiger partial charge on any atom is -0.244 e. The Kier molecular flexibility index (Phi) is 3.05. The van der Waals surface area contributed by atoms with E-state index >= 15 is 0 Å². The van der Waals surface area contributed by atoms with E-state index in [-0.39, 0.29) is 5.75 Å². The fourth-order valence-electron chi connectivity index (χ4n) is 0.649. The first-order valence-corrected chi connectivity index (χ1v) is 6.14. The van der Waals surface area contributed by atoms with Crippen LogP contribution in [-0.2, 0) is 21.7 Å². The van der Waals surface area contributed by atoms with Crippen LogP contribution in [-0.4, -0.2) is 13.4 Å². The first kappa shape index (κ1) is 9.91. The van der Waals surface area contributed by atoms with Gasteiger partial charge in [0.15, 0.2) is 0 Å². The molecule has 0 aliphatic rings. The number of thiazole rings is 1. The van der Waals surface area contributed by atoms with Crippen molar-refractivity contribution < 1.29 is 8.42 Å². The van der Waals surface area contributed by atoms with E-state index in [1.165, 1.54) is 11.3 Å². The molecule has 1 aromatic heterocycles. The SMILES string of the molecule is NS(=O)(=O)Cc1nc(CCl)cs1. The van der Waals surface area contributed by atoms with Crippen molar-refractivity contribution in [3.8, 4) is 0 Å². The Morgan fingerprint density at radius 1 is 1.67 bits per heavy atom. The molecule has 0 spiro atoms. The lowest BCUT2D eigenvalue weighted by atomic mass is 10.6. The molecule has 12 heavy (non-hydrogen) atoms. The Bertz CT molecular complexity index is 359. The number of aromatic nitrogens is 1. The number of hydrogen-bond donors (Lipinski definition) is 1. The predicted octanol–water partition coefficient (Wildman–Crippen LogP) is 0.670. The van der Waals surface area contributed by atoms with Gasteiger partial charge in [-0.2, -0.15) is 0 Å². The maximum absolute atomic E-state index is 10.6. The average Bonchev–Trinajstić information content (AvgIpc) is 2.32. The van der Waals surface area contributed by atoms with E-state index < -0.39 is 10.0 Å². The number of rotatable bonds is 3. The van der Waals surface area contributed by atoms with Crippen molar-refractivity contribution in [2.24, 2.45) is 5.14 Å². The zero-order valence-corrected chi connectivity index (χ0v) is 8.42. The lowest BCUT2D eigenvalue weighted by molar-refractivity contribution is 0.597. The molecule has 0 aromatic carbocycles. The van der Waals surface area contributed by atoms with Gasteiger partial charge in [0.05, 0.1) is 11.6 Å². The Morgan fingerprint density at radius 2 is 2.33 bits per heavy atom. The molecule has 1 rings (SSSR count). The highest BCUT2D eigenvalue weighted by Gasteiger charge is 2.08. The number of nitrogens with zero attached hydrogens (tertiary/aromatic N) is 1. The average molecular weight is 227 g/mol. The topological polar surface area (TPSA) is 73.1 Å². The summed E-state index contributed by atoms with van der Waals surface area (Å²) >= 11 is 6.72. The molecular weight excluding hydrogens is 220 g/mol. The normalized spacial score (nSPS) is 11.8. The largest absolute Gasteiger partial charge is 0.244 e. The smallest absolute Gasteiger partial charge is 0.215 e. The highest BCUT2D eigenvalue weighted by Crippen LogP contribution is 2.13. The summed E-state index contributed by atoms with van der Waals surface area (Å²) < 4.78 is 21.2. The van der Waals surface area contributed by atoms with Crippen molar-refractivity contribution >= 4 is 33.0 Å². The summed E-state index contributed by atoms with van der Waals surface area (Å²) in [6.07, 6.45) is 0. The maximum atomic E-state index is 10.6. The van der Waals surface area contributed by atoms with E-state index in [0.29, 0.717) is 16.6 Å². The van der Waals surface area contributed by atoms with E-state index in [2.05, 4.69) is 4.98 Å². The molecule has 68 valence electrons. The van der Waals surface area contributed by atoms with Gasteiger partial charge in [-0.25, -0.2) is 18.5 Å². The van der Waals surface area contributed by atoms with Crippen molar-refractivity contribution in [2.45, 2.75) is 11.6 Å². The van der Waals surface area contributed by atoms with Crippen LogP contribution in [0.15, 0.2) is 5.38 Å². The predicted molar refractivity (Wildman–Crippen MR) is 48.5 cm³/mol. The Hall–Kier alpha value is -0.170. The van der Waals surface area contributed by atoms with Crippen molar-refractivity contribution in [2.75, 3.05) is 0 Å². The van der Waals surface area contributed by atoms with E-state index in [4.69, 9.17) is 16.7 Å². The van der Waals surface area contributed by atoms with Crippen LogP contribution in [0.4, 0.5) is 0 Å². The second kappa shape index (κ2) is 3.69. The fraction of sp³-hybridized carbons (Fsp3) is 0.400. The van der Waals surface area contributed by atoms with Gasteiger partial charge in [0.2, 0.25) is 10.0 Å². The number of hydrogen-bond acceptors (Lipinski definition) is 4. The van der Waals surface area contributed by atoms with Crippen LogP contribution in [0.5, 0.6) is 0 Å². The summed E-state index contributed by atoms with van der Waals surface area (Å²) in [6.45, 7) is 0. The Balaban J connectivity index is 2.78. The van der Waals surface area contributed by atoms with Gasteiger partial charge in [-0.15, -0.1) is 22.9 Å². The van der Waals surface area contributed by atoms with Crippen LogP contribution in [0.25, 0.3) is 0 Å². The fourth-order valence-corrected chi connectivity index (χ4v) is 2.63. The number of primary sulfonamides is 1. The summed E-state index contributed by atoms with van der Waals surface area (Å²) in [5, 5.41) is 7.02. The summed E-state index contributed by atoms with van der Waals surface area (Å²) in [4.78, 5) is 3.94. The summed E-state index contributed by atoms with van der Waals surface area (Å²) in [5.41, 5.74) is 0.681. The third-order valence-corrected chi connectivity index (χ3v) is 3.09. The number of sulfonamides is 1. The van der Waals surface area contributed by atoms with Crippen LogP contribution in [0.3, 0.4) is 0 Å². The summed E-state index contributed by atoms with van der Waals surface area (Å²) in [6, 6.07) is 0. The van der Waals surface area contributed by atoms with Crippen molar-refractivity contribution in [3.63, 3.8) is 0 Å². The molecule has 1 aromatic rings. The highest BCUT2D eigenvalue weighted by molar-refractivity contribution is 7.88. The monoisotopic (exact) mass is 226 g/mol. The van der Waals surface area contributed by atoms with Crippen LogP contribution >= 0.6 is 22.9 Å². The molecule has 0 radical (unpaired) electrons. The quantitative estimate of drug-likeness (QED) is 0.770. The van der Waals surface area contributed by atoms with Crippen molar-refractivity contribution in [1.82, 2.24) is 4.98 Å². The van der Waals surface area contributed by atoms with Gasteiger partial charge in [-0.3, -0.25) is 0 Å². The Morgan fingerprint density at radius 3 is 2.75 bits per heavy atom. The minimum atomic E-state index is -3.47. The second-order valence-corrected chi connectivity index (χ2v) is 5.00. The molecule has 0 atom stereocenters. The van der Waals surface area contributed by atoms with E-state index in [0.717, 1.165) is 0 Å². The molecule has 0 saturated heterocycles. The first-order valence-electron chi connectivity index (χ1n) is 3.01. The standard InChI is InChI=1S/C5H7ClN2O2S2/c6-1-4-2-11-5(8-4)3-12(7,9)10/h2H,1,3H2,(H2,7,9,10). The zero-order chi connectivity index (χ0) is 9.19. The van der Waals surface area contributed by atoms with Gasteiger partial charge >= 0.3 is 0 Å². The van der Waals surface area contributed by atoms with E-state index in [1.807, 2.05) is 0 Å². The number of halogens is 1. The van der Waals surface area contributed by atoms with Gasteiger partial charge in [0.1, 0.15) is 10.8 Å². The van der Waals surface area contributed by atoms with Gasteiger partial charge in [-0.05, 0) is 0 Å². The molecule has 0 aliphatic heterocycles. The van der Waals surface area contributed by atoms with Gasteiger partial charge < -0.3 is 0 Å². The molecule has 4 nitrogen and oxygen atoms in total. The molecular formula is C5H7ClN2O2S2. The first-order chi connectivity index (χ1) is 5.51. The zero-order valence-electron chi connectivity index (χ0n) is 6.03. The van der Waals surface area contributed by atoms with Crippen LogP contribution in [0.1, 0.15) is 10.7 Å².